The van der Waals surface area contributed by atoms with E-state index in [4.69, 9.17) is 5.73 Å². The summed E-state index contributed by atoms with van der Waals surface area (Å²) in [7, 11) is 0. The topological polar surface area (TPSA) is 75.9 Å². The van der Waals surface area contributed by atoms with Crippen LogP contribution in [-0.2, 0) is 6.18 Å². The van der Waals surface area contributed by atoms with Gasteiger partial charge in [-0.3, -0.25) is 4.40 Å². The first-order valence-electron chi connectivity index (χ1n) is 8.72. The number of aromatic nitrogens is 2. The lowest BCUT2D eigenvalue weighted by Gasteiger charge is -2.14. The van der Waals surface area contributed by atoms with Crippen molar-refractivity contribution in [3.63, 3.8) is 0 Å². The predicted molar refractivity (Wildman–Crippen MR) is 104 cm³/mol. The monoisotopic (exact) mass is 414 g/mol. The third-order valence-electron chi connectivity index (χ3n) is 4.61. The summed E-state index contributed by atoms with van der Waals surface area (Å²) < 4.78 is 55.5. The Morgan fingerprint density at radius 2 is 1.73 bits per heavy atom. The van der Waals surface area contributed by atoms with Crippen molar-refractivity contribution in [2.45, 2.75) is 6.18 Å². The maximum Gasteiger partial charge on any atom is 0.417 e. The van der Waals surface area contributed by atoms with Crippen LogP contribution in [-0.4, -0.2) is 20.3 Å². The molecule has 0 atom stereocenters. The fraction of sp³-hybridized carbons (Fsp3) is 0.0476. The zero-order chi connectivity index (χ0) is 21.5. The van der Waals surface area contributed by atoms with Crippen molar-refractivity contribution in [2.24, 2.45) is 5.16 Å². The van der Waals surface area contributed by atoms with Crippen LogP contribution in [0.15, 0.2) is 72.0 Å². The van der Waals surface area contributed by atoms with E-state index in [0.717, 1.165) is 12.1 Å². The van der Waals surface area contributed by atoms with Gasteiger partial charge < -0.3 is 10.9 Å². The molecule has 0 aliphatic heterocycles. The average molecular weight is 414 g/mol. The molecule has 4 rings (SSSR count). The van der Waals surface area contributed by atoms with Crippen LogP contribution < -0.4 is 5.73 Å². The number of imidazole rings is 1. The van der Waals surface area contributed by atoms with Crippen molar-refractivity contribution < 1.29 is 22.8 Å². The van der Waals surface area contributed by atoms with Crippen molar-refractivity contribution in [1.82, 2.24) is 9.38 Å². The first-order chi connectivity index (χ1) is 14.3. The van der Waals surface area contributed by atoms with Gasteiger partial charge in [-0.05, 0) is 30.3 Å². The molecule has 0 fully saturated rings. The molecule has 2 aromatic heterocycles. The molecule has 0 spiro atoms. The Kier molecular flexibility index (Phi) is 4.65. The highest BCUT2D eigenvalue weighted by Gasteiger charge is 2.35. The lowest BCUT2D eigenvalue weighted by molar-refractivity contribution is -0.137. The minimum Gasteiger partial charge on any atom is -0.410 e. The van der Waals surface area contributed by atoms with Gasteiger partial charge in [0.25, 0.3) is 0 Å². The van der Waals surface area contributed by atoms with E-state index in [1.807, 2.05) is 0 Å². The van der Waals surface area contributed by atoms with Crippen molar-refractivity contribution in [3.8, 4) is 11.3 Å². The molecule has 9 heteroatoms. The molecule has 30 heavy (non-hydrogen) atoms. The maximum atomic E-state index is 13.5. The predicted octanol–water partition coefficient (Wildman–Crippen LogP) is 4.97. The number of pyridine rings is 1. The highest BCUT2D eigenvalue weighted by atomic mass is 19.4. The van der Waals surface area contributed by atoms with Crippen LogP contribution in [0.5, 0.6) is 0 Å². The molecule has 0 aliphatic rings. The molecule has 0 bridgehead atoms. The number of hydrogen-bond donors (Lipinski definition) is 2. The van der Waals surface area contributed by atoms with Crippen LogP contribution in [0.1, 0.15) is 16.7 Å². The third kappa shape index (κ3) is 3.34. The first-order valence-corrected chi connectivity index (χ1v) is 8.72. The van der Waals surface area contributed by atoms with E-state index in [0.29, 0.717) is 17.2 Å². The molecule has 2 heterocycles. The van der Waals surface area contributed by atoms with E-state index in [-0.39, 0.29) is 28.4 Å². The van der Waals surface area contributed by atoms with Crippen molar-refractivity contribution >= 4 is 17.2 Å². The number of hydrogen-bond acceptors (Lipinski definition) is 4. The highest BCUT2D eigenvalue weighted by Crippen LogP contribution is 2.39. The van der Waals surface area contributed by atoms with Crippen LogP contribution in [0.4, 0.5) is 23.4 Å². The normalized spacial score (nSPS) is 12.5. The lowest BCUT2D eigenvalue weighted by atomic mass is 10.0. The number of anilines is 1. The molecule has 5 nitrogen and oxygen atoms in total. The number of oxime groups is 1. The SMILES string of the molecule is Nc1nc2ccc(/C(=N/O)c3ccccc3)cn2c1-c1ccc(F)cc1C(F)(F)F. The van der Waals surface area contributed by atoms with Crippen LogP contribution >= 0.6 is 0 Å². The number of alkyl halides is 3. The standard InChI is InChI=1S/C21H14F4N4O/c22-14-7-8-15(16(10-14)21(23,24)25)19-20(26)27-17-9-6-13(11-29(17)19)18(28-30)12-4-2-1-3-5-12/h1-11,30H,26H2/b28-18+. The van der Waals surface area contributed by atoms with E-state index >= 15 is 0 Å². The van der Waals surface area contributed by atoms with Gasteiger partial charge in [-0.15, -0.1) is 0 Å². The quantitative estimate of drug-likeness (QED) is 0.215. The summed E-state index contributed by atoms with van der Waals surface area (Å²) >= 11 is 0. The van der Waals surface area contributed by atoms with Gasteiger partial charge in [0.05, 0.1) is 11.3 Å². The Morgan fingerprint density at radius 1 is 1.00 bits per heavy atom. The summed E-state index contributed by atoms with van der Waals surface area (Å²) in [6.07, 6.45) is -3.33. The Bertz CT molecular complexity index is 1260. The second-order valence-electron chi connectivity index (χ2n) is 6.49. The maximum absolute atomic E-state index is 13.5. The van der Waals surface area contributed by atoms with Crippen molar-refractivity contribution in [3.05, 3.63) is 89.4 Å². The second-order valence-corrected chi connectivity index (χ2v) is 6.49. The molecule has 0 saturated heterocycles. The van der Waals surface area contributed by atoms with Gasteiger partial charge in [0.1, 0.15) is 17.2 Å². The second kappa shape index (κ2) is 7.18. The summed E-state index contributed by atoms with van der Waals surface area (Å²) in [6.45, 7) is 0. The molecule has 0 unspecified atom stereocenters. The van der Waals surface area contributed by atoms with E-state index in [2.05, 4.69) is 10.1 Å². The molecule has 4 aromatic rings. The molecule has 152 valence electrons. The number of benzene rings is 2. The first kappa shape index (κ1) is 19.4. The summed E-state index contributed by atoms with van der Waals surface area (Å²) in [5.41, 5.74) is 5.94. The minimum absolute atomic E-state index is 0.0375. The number of rotatable bonds is 3. The van der Waals surface area contributed by atoms with E-state index in [1.165, 1.54) is 10.6 Å². The van der Waals surface area contributed by atoms with E-state index < -0.39 is 17.6 Å². The highest BCUT2D eigenvalue weighted by molar-refractivity contribution is 6.12. The molecule has 0 amide bonds. The van der Waals surface area contributed by atoms with Crippen LogP contribution in [0.3, 0.4) is 0 Å². The Hall–Kier alpha value is -3.88. The Morgan fingerprint density at radius 3 is 2.40 bits per heavy atom. The van der Waals surface area contributed by atoms with Gasteiger partial charge in [-0.2, -0.15) is 13.2 Å². The smallest absolute Gasteiger partial charge is 0.410 e. The molecule has 0 radical (unpaired) electrons. The number of fused-ring (bicyclic) bond motifs is 1. The molecule has 0 saturated carbocycles. The largest absolute Gasteiger partial charge is 0.417 e. The Balaban J connectivity index is 1.96. The van der Waals surface area contributed by atoms with Gasteiger partial charge in [-0.25, -0.2) is 9.37 Å². The number of nitrogens with two attached hydrogens (primary N) is 1. The molecule has 2 aromatic carbocycles. The van der Waals surface area contributed by atoms with Gasteiger partial charge in [0, 0.05) is 22.9 Å². The summed E-state index contributed by atoms with van der Waals surface area (Å²) in [5.74, 6) is -1.16. The van der Waals surface area contributed by atoms with Crippen molar-refractivity contribution in [2.75, 3.05) is 5.73 Å². The van der Waals surface area contributed by atoms with Crippen LogP contribution in [0.25, 0.3) is 16.9 Å². The number of nitrogens with zero attached hydrogens (tertiary/aromatic N) is 3. The minimum atomic E-state index is -4.80. The van der Waals surface area contributed by atoms with Crippen molar-refractivity contribution in [1.29, 1.82) is 0 Å². The van der Waals surface area contributed by atoms with Crippen LogP contribution in [0, 0.1) is 5.82 Å². The summed E-state index contributed by atoms with van der Waals surface area (Å²) in [4.78, 5) is 4.11. The average Bonchev–Trinajstić information content (AvgIpc) is 3.04. The van der Waals surface area contributed by atoms with E-state index in [9.17, 15) is 22.8 Å². The fourth-order valence-electron chi connectivity index (χ4n) is 3.31. The number of halogens is 4. The van der Waals surface area contributed by atoms with Gasteiger partial charge in [-0.1, -0.05) is 35.5 Å². The molecular weight excluding hydrogens is 400 g/mol. The zero-order valence-electron chi connectivity index (χ0n) is 15.2. The van der Waals surface area contributed by atoms with Gasteiger partial charge >= 0.3 is 6.18 Å². The van der Waals surface area contributed by atoms with Crippen LogP contribution in [0.2, 0.25) is 0 Å². The lowest BCUT2D eigenvalue weighted by Crippen LogP contribution is -2.09. The summed E-state index contributed by atoms with van der Waals surface area (Å²) in [6, 6.07) is 14.3. The number of nitrogen functional groups attached to an aromatic ring is 1. The van der Waals surface area contributed by atoms with Gasteiger partial charge in [0.15, 0.2) is 5.82 Å². The summed E-state index contributed by atoms with van der Waals surface area (Å²) in [5, 5.41) is 12.9. The third-order valence-corrected chi connectivity index (χ3v) is 4.61. The zero-order valence-corrected chi connectivity index (χ0v) is 15.2. The Labute approximate surface area is 167 Å². The fourth-order valence-corrected chi connectivity index (χ4v) is 3.31. The molecule has 3 N–H and O–H groups in total. The van der Waals surface area contributed by atoms with Gasteiger partial charge in [0.2, 0.25) is 0 Å². The molecular formula is C21H14F4N4O. The van der Waals surface area contributed by atoms with E-state index in [1.54, 1.807) is 42.5 Å². The molecule has 0 aliphatic carbocycles.